The molecule has 1 fully saturated rings. The van der Waals surface area contributed by atoms with Crippen molar-refractivity contribution in [1.29, 1.82) is 0 Å². The van der Waals surface area contributed by atoms with Crippen LogP contribution in [0.15, 0.2) is 11.6 Å². The quantitative estimate of drug-likeness (QED) is 0.424. The molecule has 0 aliphatic heterocycles. The molecule has 0 amide bonds. The number of hydrogen-bond donors (Lipinski definition) is 3. The Bertz CT molecular complexity index is 1010. The molecule has 3 rings (SSSR count). The lowest BCUT2D eigenvalue weighted by Crippen LogP contribution is -2.43. The van der Waals surface area contributed by atoms with Gasteiger partial charge in [-0.3, -0.25) is 19.2 Å². The lowest BCUT2D eigenvalue weighted by molar-refractivity contribution is -0.137. The number of aryl methyl sites for hydroxylation is 1. The van der Waals surface area contributed by atoms with Gasteiger partial charge in [-0.15, -0.1) is 0 Å². The number of carbonyl (C=O) groups excluding carboxylic acids is 4. The first-order valence-corrected chi connectivity index (χ1v) is 10.6. The van der Waals surface area contributed by atoms with Crippen molar-refractivity contribution in [2.45, 2.75) is 52.9 Å². The summed E-state index contributed by atoms with van der Waals surface area (Å²) in [5.74, 6) is -4.46. The number of aliphatic hydroxyl groups excluding tert-OH is 2. The summed E-state index contributed by atoms with van der Waals surface area (Å²) in [5, 5.41) is 31.3. The first-order valence-electron chi connectivity index (χ1n) is 10.6. The van der Waals surface area contributed by atoms with Gasteiger partial charge in [0.15, 0.2) is 17.3 Å². The van der Waals surface area contributed by atoms with Crippen LogP contribution in [0.2, 0.25) is 0 Å². The molecule has 8 heteroatoms. The molecule has 3 atom stereocenters. The monoisotopic (exact) mass is 450 g/mol. The van der Waals surface area contributed by atoms with Crippen LogP contribution in [0.3, 0.4) is 0 Å². The fourth-order valence-corrected chi connectivity index (χ4v) is 5.13. The third kappa shape index (κ3) is 4.25. The maximum absolute atomic E-state index is 13.4. The maximum atomic E-state index is 13.4. The second kappa shape index (κ2) is 9.75. The van der Waals surface area contributed by atoms with Crippen LogP contribution in [0.25, 0.3) is 5.76 Å². The summed E-state index contributed by atoms with van der Waals surface area (Å²) in [5.41, 5.74) is 1.74. The summed E-state index contributed by atoms with van der Waals surface area (Å²) in [7, 11) is 0. The number of phenolic OH excluding ortho intramolecular Hbond substituents is 1. The van der Waals surface area contributed by atoms with Crippen molar-refractivity contribution in [2.24, 2.45) is 17.8 Å². The van der Waals surface area contributed by atoms with Crippen molar-refractivity contribution in [1.82, 2.24) is 0 Å². The van der Waals surface area contributed by atoms with Crippen LogP contribution in [0, 0.1) is 17.8 Å². The Hall–Kier alpha value is -2.84. The topological polar surface area (TPSA) is 160 Å². The van der Waals surface area contributed by atoms with E-state index in [1.807, 2.05) is 6.92 Å². The molecule has 0 bridgehead atoms. The molecule has 5 N–H and O–H groups in total. The number of hydrogen-bond acceptors (Lipinski definition) is 7. The zero-order chi connectivity index (χ0) is 23.0. The fraction of sp³-hybridized carbons (Fsp3) is 0.500. The minimum Gasteiger partial charge on any atom is -0.507 e. The van der Waals surface area contributed by atoms with E-state index in [0.717, 1.165) is 5.56 Å². The molecule has 0 radical (unpaired) electrons. The van der Waals surface area contributed by atoms with E-state index in [0.29, 0.717) is 24.8 Å². The predicted octanol–water partition coefficient (Wildman–Crippen LogP) is 2.40. The van der Waals surface area contributed by atoms with Crippen molar-refractivity contribution < 1.29 is 42.8 Å². The highest BCUT2D eigenvalue weighted by molar-refractivity contribution is 6.17. The molecule has 1 aromatic carbocycles. The number of carbonyl (C=O) groups is 4. The molecular formula is C24H34O8. The van der Waals surface area contributed by atoms with Gasteiger partial charge in [-0.25, -0.2) is 0 Å². The van der Waals surface area contributed by atoms with Gasteiger partial charge in [-0.05, 0) is 68.6 Å². The van der Waals surface area contributed by atoms with E-state index < -0.39 is 29.2 Å². The standard InChI is InChI=1S/C24H28O7.H2O.2H2/c1-4-13-9-16(12(3)27)22(29)21-17(13)10-15-8-14(5-6-25)19(18(28)7-11(2)26)23(30)20(15)24(21)31;;;/h9,14-15,19,25,29,31H,4-8,10H2,1-3H3;1H2;2*1H. The number of aliphatic hydroxyl groups is 2. The zero-order valence-electron chi connectivity index (χ0n) is 18.5. The summed E-state index contributed by atoms with van der Waals surface area (Å²) in [6, 6.07) is 1.63. The number of rotatable bonds is 7. The van der Waals surface area contributed by atoms with E-state index >= 15 is 0 Å². The Kier molecular flexibility index (Phi) is 7.74. The molecule has 32 heavy (non-hydrogen) atoms. The molecule has 8 nitrogen and oxygen atoms in total. The predicted molar refractivity (Wildman–Crippen MR) is 121 cm³/mol. The molecule has 178 valence electrons. The Morgan fingerprint density at radius 1 is 1.19 bits per heavy atom. The highest BCUT2D eigenvalue weighted by Gasteiger charge is 2.47. The highest BCUT2D eigenvalue weighted by Crippen LogP contribution is 2.48. The van der Waals surface area contributed by atoms with Gasteiger partial charge in [-0.1, -0.05) is 6.92 Å². The molecule has 0 aromatic heterocycles. The van der Waals surface area contributed by atoms with E-state index in [4.69, 9.17) is 0 Å². The van der Waals surface area contributed by atoms with Gasteiger partial charge < -0.3 is 20.8 Å². The third-order valence-electron chi connectivity index (χ3n) is 6.49. The van der Waals surface area contributed by atoms with Gasteiger partial charge >= 0.3 is 0 Å². The lowest BCUT2D eigenvalue weighted by Gasteiger charge is -2.39. The smallest absolute Gasteiger partial charge is 0.173 e. The van der Waals surface area contributed by atoms with Crippen molar-refractivity contribution in [2.75, 3.05) is 6.61 Å². The number of aromatic hydroxyl groups is 1. The van der Waals surface area contributed by atoms with E-state index in [9.17, 15) is 34.5 Å². The third-order valence-corrected chi connectivity index (χ3v) is 6.49. The molecular weight excluding hydrogens is 416 g/mol. The first-order chi connectivity index (χ1) is 14.6. The summed E-state index contributed by atoms with van der Waals surface area (Å²) in [6.07, 6.45) is 1.22. The Balaban J connectivity index is 0.00000363. The Morgan fingerprint density at radius 2 is 1.84 bits per heavy atom. The van der Waals surface area contributed by atoms with Crippen molar-refractivity contribution >= 4 is 28.9 Å². The molecule has 1 saturated carbocycles. The fourth-order valence-electron chi connectivity index (χ4n) is 5.13. The molecule has 0 heterocycles. The second-order valence-corrected chi connectivity index (χ2v) is 8.55. The molecule has 3 unspecified atom stereocenters. The van der Waals surface area contributed by atoms with E-state index in [-0.39, 0.29) is 67.7 Å². The Labute approximate surface area is 189 Å². The van der Waals surface area contributed by atoms with Gasteiger partial charge in [0.25, 0.3) is 0 Å². The molecule has 2 aliphatic rings. The lowest BCUT2D eigenvalue weighted by atomic mass is 9.63. The number of fused-ring (bicyclic) bond motifs is 2. The van der Waals surface area contributed by atoms with Gasteiger partial charge in [0.1, 0.15) is 17.3 Å². The summed E-state index contributed by atoms with van der Waals surface area (Å²) in [4.78, 5) is 49.6. The molecule has 1 aromatic rings. The zero-order valence-corrected chi connectivity index (χ0v) is 18.5. The highest BCUT2D eigenvalue weighted by atomic mass is 16.3. The maximum Gasteiger partial charge on any atom is 0.173 e. The van der Waals surface area contributed by atoms with Gasteiger partial charge in [0, 0.05) is 15.0 Å². The van der Waals surface area contributed by atoms with Crippen LogP contribution >= 0.6 is 0 Å². The van der Waals surface area contributed by atoms with Crippen LogP contribution in [0.1, 0.15) is 69.9 Å². The number of phenols is 1. The first kappa shape index (κ1) is 25.4. The Morgan fingerprint density at radius 3 is 2.38 bits per heavy atom. The molecule has 0 saturated heterocycles. The van der Waals surface area contributed by atoms with Crippen LogP contribution < -0.4 is 0 Å². The normalized spacial score (nSPS) is 22.0. The average molecular weight is 451 g/mol. The SMILES string of the molecule is CCc1cc(C(C)=O)c(O)c2c1CC1CC(CCO)C(C(=O)CC(C)=O)C(=O)C1=C2O.O.[HH].[HH]. The van der Waals surface area contributed by atoms with Gasteiger partial charge in [0.2, 0.25) is 0 Å². The van der Waals surface area contributed by atoms with Crippen LogP contribution in [-0.4, -0.2) is 50.5 Å². The summed E-state index contributed by atoms with van der Waals surface area (Å²) >= 11 is 0. The largest absolute Gasteiger partial charge is 0.507 e. The number of ketones is 4. The minimum atomic E-state index is -1.12. The van der Waals surface area contributed by atoms with Crippen molar-refractivity contribution in [3.63, 3.8) is 0 Å². The van der Waals surface area contributed by atoms with Crippen LogP contribution in [0.4, 0.5) is 0 Å². The van der Waals surface area contributed by atoms with Crippen LogP contribution in [0.5, 0.6) is 5.75 Å². The van der Waals surface area contributed by atoms with Crippen molar-refractivity contribution in [3.05, 3.63) is 33.9 Å². The second-order valence-electron chi connectivity index (χ2n) is 8.55. The van der Waals surface area contributed by atoms with E-state index in [2.05, 4.69) is 0 Å². The van der Waals surface area contributed by atoms with E-state index in [1.54, 1.807) is 6.07 Å². The summed E-state index contributed by atoms with van der Waals surface area (Å²) in [6.45, 7) is 4.30. The number of benzene rings is 1. The van der Waals surface area contributed by atoms with E-state index in [1.165, 1.54) is 13.8 Å². The van der Waals surface area contributed by atoms with Crippen LogP contribution in [-0.2, 0) is 27.2 Å². The number of Topliss-reactive ketones (excluding diaryl/α,β-unsaturated/α-hetero) is 4. The molecule has 2 aliphatic carbocycles. The van der Waals surface area contributed by atoms with Gasteiger partial charge in [0.05, 0.1) is 23.5 Å². The minimum absolute atomic E-state index is 0. The number of allylic oxidation sites excluding steroid dienone is 1. The van der Waals surface area contributed by atoms with Gasteiger partial charge in [-0.2, -0.15) is 0 Å². The summed E-state index contributed by atoms with van der Waals surface area (Å²) < 4.78 is 0. The van der Waals surface area contributed by atoms with Crippen molar-refractivity contribution in [3.8, 4) is 5.75 Å². The molecule has 0 spiro atoms. The average Bonchev–Trinajstić information content (AvgIpc) is 2.67.